The molecule has 0 aliphatic heterocycles. The fourth-order valence-corrected chi connectivity index (χ4v) is 2.94. The van der Waals surface area contributed by atoms with E-state index in [1.165, 1.54) is 0 Å². The third-order valence-corrected chi connectivity index (χ3v) is 4.08. The molecule has 21 heavy (non-hydrogen) atoms. The lowest BCUT2D eigenvalue weighted by molar-refractivity contribution is 0.629. The van der Waals surface area contributed by atoms with Gasteiger partial charge in [-0.25, -0.2) is 0 Å². The van der Waals surface area contributed by atoms with Crippen molar-refractivity contribution in [3.05, 3.63) is 75.5 Å². The largest absolute Gasteiger partial charge is 0.385 e. The summed E-state index contributed by atoms with van der Waals surface area (Å²) >= 11 is 6.24. The number of rotatable bonds is 2. The average Bonchev–Trinajstić information content (AvgIpc) is 2.47. The highest BCUT2D eigenvalue weighted by Gasteiger charge is 2.16. The molecule has 2 N–H and O–H groups in total. The lowest BCUT2D eigenvalue weighted by atomic mass is 10.1. The lowest BCUT2D eigenvalue weighted by Gasteiger charge is -2.20. The molecule has 1 unspecified atom stereocenters. The van der Waals surface area contributed by atoms with E-state index in [9.17, 15) is 4.79 Å². The number of nitrogen functional groups attached to an aromatic ring is 1. The fraction of sp³-hybridized carbons (Fsp3) is 0.118. The Labute approximate surface area is 127 Å². The van der Waals surface area contributed by atoms with E-state index < -0.39 is 0 Å². The smallest absolute Gasteiger partial charge is 0.260 e. The summed E-state index contributed by atoms with van der Waals surface area (Å²) in [5.74, 6) is 0.436. The molecular weight excluding hydrogens is 284 g/mol. The summed E-state index contributed by atoms with van der Waals surface area (Å²) < 4.78 is 1.59. The zero-order valence-electron chi connectivity index (χ0n) is 11.6. The molecule has 0 amide bonds. The second kappa shape index (κ2) is 5.26. The molecule has 0 saturated heterocycles. The number of anilines is 1. The number of benzene rings is 2. The molecule has 0 saturated carbocycles. The van der Waals surface area contributed by atoms with E-state index in [4.69, 9.17) is 17.3 Å². The van der Waals surface area contributed by atoms with Crippen LogP contribution in [0, 0.1) is 0 Å². The molecule has 0 aliphatic carbocycles. The van der Waals surface area contributed by atoms with Gasteiger partial charge in [0.2, 0.25) is 0 Å². The van der Waals surface area contributed by atoms with Gasteiger partial charge in [0, 0.05) is 10.4 Å². The van der Waals surface area contributed by atoms with Gasteiger partial charge in [0.05, 0.1) is 6.04 Å². The van der Waals surface area contributed by atoms with Gasteiger partial charge < -0.3 is 5.73 Å². The molecule has 1 atom stereocenters. The van der Waals surface area contributed by atoms with Gasteiger partial charge in [0.15, 0.2) is 0 Å². The molecule has 0 bridgehead atoms. The van der Waals surface area contributed by atoms with Crippen molar-refractivity contribution >= 4 is 28.2 Å². The fourth-order valence-electron chi connectivity index (χ4n) is 2.65. The molecular formula is C17H15ClN2O. The maximum absolute atomic E-state index is 12.7. The summed E-state index contributed by atoms with van der Waals surface area (Å²) in [6, 6.07) is 16.5. The Hall–Kier alpha value is -2.26. The van der Waals surface area contributed by atoms with Gasteiger partial charge in [-0.1, -0.05) is 48.0 Å². The monoisotopic (exact) mass is 298 g/mol. The maximum atomic E-state index is 12.7. The van der Waals surface area contributed by atoms with Crippen molar-refractivity contribution in [2.45, 2.75) is 13.0 Å². The molecule has 0 fully saturated rings. The number of hydrogen-bond donors (Lipinski definition) is 1. The number of hydrogen-bond acceptors (Lipinski definition) is 2. The van der Waals surface area contributed by atoms with E-state index in [-0.39, 0.29) is 11.6 Å². The van der Waals surface area contributed by atoms with Crippen molar-refractivity contribution in [1.29, 1.82) is 0 Å². The van der Waals surface area contributed by atoms with Crippen molar-refractivity contribution < 1.29 is 0 Å². The molecule has 1 heterocycles. The number of nitrogens with two attached hydrogens (primary N) is 1. The molecule has 0 aliphatic rings. The molecule has 3 aromatic rings. The van der Waals surface area contributed by atoms with Crippen molar-refractivity contribution in [3.8, 4) is 0 Å². The number of pyridine rings is 1. The van der Waals surface area contributed by atoms with Crippen molar-refractivity contribution in [1.82, 2.24) is 4.57 Å². The second-order valence-electron chi connectivity index (χ2n) is 5.03. The van der Waals surface area contributed by atoms with Crippen LogP contribution in [-0.2, 0) is 0 Å². The summed E-state index contributed by atoms with van der Waals surface area (Å²) in [5.41, 5.74) is 6.87. The van der Waals surface area contributed by atoms with Crippen LogP contribution in [0.5, 0.6) is 0 Å². The van der Waals surface area contributed by atoms with Gasteiger partial charge in [0.1, 0.15) is 5.82 Å². The SMILES string of the molecule is CC(c1ccccc1Cl)n1c(N)cc2ccccc2c1=O. The highest BCUT2D eigenvalue weighted by Crippen LogP contribution is 2.27. The van der Waals surface area contributed by atoms with E-state index in [0.29, 0.717) is 16.2 Å². The first-order valence-corrected chi connectivity index (χ1v) is 7.11. The first-order chi connectivity index (χ1) is 10.1. The highest BCUT2D eigenvalue weighted by atomic mass is 35.5. The van der Waals surface area contributed by atoms with Crippen LogP contribution >= 0.6 is 11.6 Å². The Morgan fingerprint density at radius 1 is 1.10 bits per heavy atom. The number of fused-ring (bicyclic) bond motifs is 1. The second-order valence-corrected chi connectivity index (χ2v) is 5.44. The van der Waals surface area contributed by atoms with E-state index in [2.05, 4.69) is 0 Å². The average molecular weight is 299 g/mol. The summed E-state index contributed by atoms with van der Waals surface area (Å²) in [4.78, 5) is 12.7. The zero-order valence-corrected chi connectivity index (χ0v) is 12.3. The van der Waals surface area contributed by atoms with Gasteiger partial charge in [-0.05, 0) is 36.1 Å². The third-order valence-electron chi connectivity index (χ3n) is 3.73. The van der Waals surface area contributed by atoms with Crippen LogP contribution in [0.4, 0.5) is 5.82 Å². The van der Waals surface area contributed by atoms with Crippen LogP contribution in [0.25, 0.3) is 10.8 Å². The van der Waals surface area contributed by atoms with E-state index in [0.717, 1.165) is 10.9 Å². The van der Waals surface area contributed by atoms with Crippen LogP contribution in [0.3, 0.4) is 0 Å². The number of aromatic nitrogens is 1. The molecule has 4 heteroatoms. The number of nitrogens with zero attached hydrogens (tertiary/aromatic N) is 1. The van der Waals surface area contributed by atoms with Gasteiger partial charge in [0.25, 0.3) is 5.56 Å². The quantitative estimate of drug-likeness (QED) is 0.781. The Balaban J connectivity index is 2.26. The topological polar surface area (TPSA) is 48.0 Å². The minimum absolute atomic E-state index is 0.0991. The standard InChI is InChI=1S/C17H15ClN2O/c1-11(13-7-4-5-9-15(13)18)20-16(19)10-12-6-2-3-8-14(12)17(20)21/h2-11H,19H2,1H3. The minimum atomic E-state index is -0.226. The normalized spacial score (nSPS) is 12.5. The van der Waals surface area contributed by atoms with Gasteiger partial charge in [-0.15, -0.1) is 0 Å². The van der Waals surface area contributed by atoms with Crippen LogP contribution < -0.4 is 11.3 Å². The van der Waals surface area contributed by atoms with Gasteiger partial charge >= 0.3 is 0 Å². The van der Waals surface area contributed by atoms with Crippen LogP contribution in [0.1, 0.15) is 18.5 Å². The van der Waals surface area contributed by atoms with Crippen LogP contribution in [-0.4, -0.2) is 4.57 Å². The van der Waals surface area contributed by atoms with Gasteiger partial charge in [-0.3, -0.25) is 9.36 Å². The van der Waals surface area contributed by atoms with Crippen molar-refractivity contribution in [2.24, 2.45) is 0 Å². The zero-order chi connectivity index (χ0) is 15.0. The number of halogens is 1. The summed E-state index contributed by atoms with van der Waals surface area (Å²) in [7, 11) is 0. The molecule has 3 nitrogen and oxygen atoms in total. The maximum Gasteiger partial charge on any atom is 0.260 e. The Bertz CT molecular complexity index is 870. The molecule has 2 aromatic carbocycles. The van der Waals surface area contributed by atoms with Gasteiger partial charge in [-0.2, -0.15) is 0 Å². The predicted octanol–water partition coefficient (Wildman–Crippen LogP) is 3.85. The third kappa shape index (κ3) is 2.30. The molecule has 0 radical (unpaired) electrons. The highest BCUT2D eigenvalue weighted by molar-refractivity contribution is 6.31. The Kier molecular flexibility index (Phi) is 3.43. The Morgan fingerprint density at radius 3 is 2.52 bits per heavy atom. The lowest BCUT2D eigenvalue weighted by Crippen LogP contribution is -2.26. The van der Waals surface area contributed by atoms with E-state index in [1.54, 1.807) is 4.57 Å². The van der Waals surface area contributed by atoms with Crippen molar-refractivity contribution in [3.63, 3.8) is 0 Å². The van der Waals surface area contributed by atoms with Crippen LogP contribution in [0.2, 0.25) is 5.02 Å². The molecule has 106 valence electrons. The first kappa shape index (κ1) is 13.7. The van der Waals surface area contributed by atoms with E-state index >= 15 is 0 Å². The summed E-state index contributed by atoms with van der Waals surface area (Å²) in [6.45, 7) is 1.92. The first-order valence-electron chi connectivity index (χ1n) is 6.74. The van der Waals surface area contributed by atoms with E-state index in [1.807, 2.05) is 61.5 Å². The predicted molar refractivity (Wildman–Crippen MR) is 87.9 cm³/mol. The summed E-state index contributed by atoms with van der Waals surface area (Å²) in [5, 5.41) is 2.14. The van der Waals surface area contributed by atoms with Crippen LogP contribution in [0.15, 0.2) is 59.4 Å². The van der Waals surface area contributed by atoms with Crippen molar-refractivity contribution in [2.75, 3.05) is 5.73 Å². The Morgan fingerprint density at radius 2 is 1.76 bits per heavy atom. The minimum Gasteiger partial charge on any atom is -0.385 e. The molecule has 3 rings (SSSR count). The molecule has 0 spiro atoms. The molecule has 1 aromatic heterocycles. The summed E-state index contributed by atoms with van der Waals surface area (Å²) in [6.07, 6.45) is 0.